The van der Waals surface area contributed by atoms with Crippen molar-refractivity contribution >= 4 is 0 Å². The summed E-state index contributed by atoms with van der Waals surface area (Å²) in [6.07, 6.45) is 0. The molecule has 0 saturated carbocycles. The number of rotatable bonds is 2. The molecule has 0 saturated heterocycles. The van der Waals surface area contributed by atoms with Gasteiger partial charge in [0.25, 0.3) is 0 Å². The molecule has 2 rings (SSSR count). The van der Waals surface area contributed by atoms with Crippen LogP contribution >= 0.6 is 0 Å². The van der Waals surface area contributed by atoms with E-state index in [4.69, 9.17) is 4.74 Å². The Kier molecular flexibility index (Phi) is 3.09. The second kappa shape index (κ2) is 4.53. The fourth-order valence-corrected chi connectivity index (χ4v) is 1.72. The number of methoxy groups -OCH3 is 1. The molecule has 0 N–H and O–H groups in total. The van der Waals surface area contributed by atoms with Gasteiger partial charge in [-0.15, -0.1) is 0 Å². The Morgan fingerprint density at radius 3 is 2.41 bits per heavy atom. The Bertz CT molecular complexity index is 550. The van der Waals surface area contributed by atoms with E-state index in [0.717, 1.165) is 5.56 Å². The topological polar surface area (TPSA) is 9.23 Å². The summed E-state index contributed by atoms with van der Waals surface area (Å²) in [5.74, 6) is -0.225. The lowest BCUT2D eigenvalue weighted by atomic mass is 10.00. The molecule has 1 nitrogen and oxygen atoms in total. The lowest BCUT2D eigenvalue weighted by molar-refractivity contribution is 0.414. The van der Waals surface area contributed by atoms with E-state index in [1.165, 1.54) is 31.4 Å². The molecule has 2 aromatic carbocycles. The summed E-state index contributed by atoms with van der Waals surface area (Å²) in [6.45, 7) is 1.81. The van der Waals surface area contributed by atoms with Crippen molar-refractivity contribution in [1.82, 2.24) is 0 Å². The van der Waals surface area contributed by atoms with Crippen molar-refractivity contribution in [3.63, 3.8) is 0 Å². The molecule has 0 fully saturated rings. The zero-order chi connectivity index (χ0) is 12.4. The standard InChI is InChI=1S/C14H12F2O/c1-9-3-4-10(15)7-12(9)13-8-11(17-2)5-6-14(13)16/h3-8H,1-2H3. The fourth-order valence-electron chi connectivity index (χ4n) is 1.72. The number of benzene rings is 2. The molecule has 88 valence electrons. The van der Waals surface area contributed by atoms with E-state index in [-0.39, 0.29) is 11.6 Å². The zero-order valence-corrected chi connectivity index (χ0v) is 9.63. The molecule has 0 spiro atoms. The number of aryl methyl sites for hydroxylation is 1. The van der Waals surface area contributed by atoms with Gasteiger partial charge in [-0.1, -0.05) is 6.07 Å². The minimum absolute atomic E-state index is 0.348. The van der Waals surface area contributed by atoms with Crippen LogP contribution in [0.5, 0.6) is 5.75 Å². The minimum atomic E-state index is -0.389. The highest BCUT2D eigenvalue weighted by Crippen LogP contribution is 2.29. The predicted octanol–water partition coefficient (Wildman–Crippen LogP) is 3.95. The Labute approximate surface area is 98.7 Å². The van der Waals surface area contributed by atoms with Crippen molar-refractivity contribution in [1.29, 1.82) is 0 Å². The molecule has 0 aliphatic rings. The molecular weight excluding hydrogens is 222 g/mol. The third kappa shape index (κ3) is 2.28. The quantitative estimate of drug-likeness (QED) is 0.764. The van der Waals surface area contributed by atoms with Crippen molar-refractivity contribution < 1.29 is 13.5 Å². The molecule has 3 heteroatoms. The van der Waals surface area contributed by atoms with E-state index < -0.39 is 0 Å². The molecule has 0 radical (unpaired) electrons. The Balaban J connectivity index is 2.62. The van der Waals surface area contributed by atoms with Gasteiger partial charge >= 0.3 is 0 Å². The first kappa shape index (κ1) is 11.6. The number of ether oxygens (including phenoxy) is 1. The Morgan fingerprint density at radius 1 is 0.941 bits per heavy atom. The van der Waals surface area contributed by atoms with Crippen molar-refractivity contribution in [3.05, 3.63) is 53.6 Å². The van der Waals surface area contributed by atoms with Crippen LogP contribution < -0.4 is 4.74 Å². The largest absolute Gasteiger partial charge is 0.497 e. The van der Waals surface area contributed by atoms with Crippen LogP contribution in [0.1, 0.15) is 5.56 Å². The molecular formula is C14H12F2O. The van der Waals surface area contributed by atoms with E-state index in [1.54, 1.807) is 12.1 Å². The summed E-state index contributed by atoms with van der Waals surface area (Å²) in [5, 5.41) is 0. The van der Waals surface area contributed by atoms with E-state index in [1.807, 2.05) is 6.92 Å². The average molecular weight is 234 g/mol. The van der Waals surface area contributed by atoms with E-state index in [2.05, 4.69) is 0 Å². The molecule has 0 heterocycles. The summed E-state index contributed by atoms with van der Waals surface area (Å²) >= 11 is 0. The number of hydrogen-bond donors (Lipinski definition) is 0. The van der Waals surface area contributed by atoms with E-state index >= 15 is 0 Å². The molecule has 0 aliphatic heterocycles. The van der Waals surface area contributed by atoms with Crippen molar-refractivity contribution in [2.24, 2.45) is 0 Å². The molecule has 0 unspecified atom stereocenters. The van der Waals surface area contributed by atoms with Gasteiger partial charge in [0.05, 0.1) is 7.11 Å². The second-order valence-corrected chi connectivity index (χ2v) is 3.81. The number of hydrogen-bond acceptors (Lipinski definition) is 1. The molecule has 0 aliphatic carbocycles. The highest BCUT2D eigenvalue weighted by atomic mass is 19.1. The van der Waals surface area contributed by atoms with Gasteiger partial charge in [-0.2, -0.15) is 0 Å². The van der Waals surface area contributed by atoms with Gasteiger partial charge < -0.3 is 4.74 Å². The molecule has 0 bridgehead atoms. The third-order valence-corrected chi connectivity index (χ3v) is 2.66. The van der Waals surface area contributed by atoms with Gasteiger partial charge in [-0.05, 0) is 48.4 Å². The zero-order valence-electron chi connectivity index (χ0n) is 9.63. The third-order valence-electron chi connectivity index (χ3n) is 2.66. The van der Waals surface area contributed by atoms with Crippen LogP contribution in [0.3, 0.4) is 0 Å². The highest BCUT2D eigenvalue weighted by Gasteiger charge is 2.10. The van der Waals surface area contributed by atoms with Crippen LogP contribution in [-0.2, 0) is 0 Å². The lowest BCUT2D eigenvalue weighted by Gasteiger charge is -2.09. The monoisotopic (exact) mass is 234 g/mol. The molecule has 0 atom stereocenters. The lowest BCUT2D eigenvalue weighted by Crippen LogP contribution is -1.91. The van der Waals surface area contributed by atoms with Gasteiger partial charge in [0.1, 0.15) is 17.4 Å². The summed E-state index contributed by atoms with van der Waals surface area (Å²) in [7, 11) is 1.51. The average Bonchev–Trinajstić information content (AvgIpc) is 2.33. The Hall–Kier alpha value is -1.90. The van der Waals surface area contributed by atoms with Crippen LogP contribution in [-0.4, -0.2) is 7.11 Å². The summed E-state index contributed by atoms with van der Waals surface area (Å²) in [4.78, 5) is 0. The first-order valence-electron chi connectivity index (χ1n) is 5.22. The summed E-state index contributed by atoms with van der Waals surface area (Å²) in [5.41, 5.74) is 1.71. The van der Waals surface area contributed by atoms with E-state index in [0.29, 0.717) is 16.9 Å². The SMILES string of the molecule is COc1ccc(F)c(-c2cc(F)ccc2C)c1. The fraction of sp³-hybridized carbons (Fsp3) is 0.143. The van der Waals surface area contributed by atoms with E-state index in [9.17, 15) is 8.78 Å². The molecule has 0 aromatic heterocycles. The van der Waals surface area contributed by atoms with Crippen molar-refractivity contribution in [2.45, 2.75) is 6.92 Å². The van der Waals surface area contributed by atoms with Gasteiger partial charge in [0.2, 0.25) is 0 Å². The van der Waals surface area contributed by atoms with Crippen LogP contribution in [0, 0.1) is 18.6 Å². The maximum atomic E-state index is 13.7. The second-order valence-electron chi connectivity index (χ2n) is 3.81. The smallest absolute Gasteiger partial charge is 0.131 e. The highest BCUT2D eigenvalue weighted by molar-refractivity contribution is 5.69. The van der Waals surface area contributed by atoms with Crippen LogP contribution in [0.15, 0.2) is 36.4 Å². The first-order chi connectivity index (χ1) is 8.11. The first-order valence-corrected chi connectivity index (χ1v) is 5.22. The summed E-state index contributed by atoms with van der Waals surface area (Å²) < 4.78 is 32.0. The maximum absolute atomic E-state index is 13.7. The molecule has 17 heavy (non-hydrogen) atoms. The normalized spacial score (nSPS) is 10.4. The minimum Gasteiger partial charge on any atom is -0.497 e. The van der Waals surface area contributed by atoms with Gasteiger partial charge in [0.15, 0.2) is 0 Å². The van der Waals surface area contributed by atoms with Crippen molar-refractivity contribution in [3.8, 4) is 16.9 Å². The van der Waals surface area contributed by atoms with Crippen LogP contribution in [0.2, 0.25) is 0 Å². The van der Waals surface area contributed by atoms with Crippen molar-refractivity contribution in [2.75, 3.05) is 7.11 Å². The maximum Gasteiger partial charge on any atom is 0.131 e. The molecule has 0 amide bonds. The molecule has 2 aromatic rings. The Morgan fingerprint density at radius 2 is 1.71 bits per heavy atom. The summed E-state index contributed by atoms with van der Waals surface area (Å²) in [6, 6.07) is 8.73. The number of halogens is 2. The van der Waals surface area contributed by atoms with Crippen LogP contribution in [0.4, 0.5) is 8.78 Å². The predicted molar refractivity (Wildman–Crippen MR) is 63.1 cm³/mol. The van der Waals surface area contributed by atoms with Gasteiger partial charge in [-0.3, -0.25) is 0 Å². The van der Waals surface area contributed by atoms with Gasteiger partial charge in [-0.25, -0.2) is 8.78 Å². The van der Waals surface area contributed by atoms with Gasteiger partial charge in [0, 0.05) is 5.56 Å². The van der Waals surface area contributed by atoms with Crippen LogP contribution in [0.25, 0.3) is 11.1 Å².